The number of rotatable bonds is 4. The Labute approximate surface area is 192 Å². The number of fused-ring (bicyclic) bond motifs is 2. The molecule has 1 aromatic heterocycles. The van der Waals surface area contributed by atoms with Crippen molar-refractivity contribution >= 4 is 45.1 Å². The lowest BCUT2D eigenvalue weighted by molar-refractivity contribution is 0.567. The third-order valence-electron chi connectivity index (χ3n) is 5.66. The molecule has 2 heterocycles. The van der Waals surface area contributed by atoms with E-state index >= 15 is 0 Å². The minimum atomic E-state index is 0.648. The lowest BCUT2D eigenvalue weighted by atomic mass is 9.86. The molecule has 0 amide bonds. The molecule has 0 spiro atoms. The van der Waals surface area contributed by atoms with Crippen LogP contribution in [0.4, 0.5) is 5.69 Å². The Morgan fingerprint density at radius 1 is 1.10 bits per heavy atom. The van der Waals surface area contributed by atoms with Crippen molar-refractivity contribution in [2.45, 2.75) is 31.6 Å². The largest absolute Gasteiger partial charge is 0.335 e. The molecule has 4 heteroatoms. The molecule has 1 aliphatic heterocycles. The van der Waals surface area contributed by atoms with Crippen molar-refractivity contribution in [3.05, 3.63) is 94.0 Å². The van der Waals surface area contributed by atoms with E-state index in [1.165, 1.54) is 31.5 Å². The maximum atomic E-state index is 4.79. The highest BCUT2D eigenvalue weighted by atomic mass is 32.2. The van der Waals surface area contributed by atoms with Gasteiger partial charge in [-0.05, 0) is 73.2 Å². The molecule has 3 aromatic rings. The third kappa shape index (κ3) is 4.41. The summed E-state index contributed by atoms with van der Waals surface area (Å²) >= 11 is 3.63. The number of anilines is 1. The number of hydrogen-bond acceptors (Lipinski definition) is 4. The van der Waals surface area contributed by atoms with E-state index in [4.69, 9.17) is 4.98 Å². The van der Waals surface area contributed by atoms with Crippen LogP contribution in [0.3, 0.4) is 0 Å². The molecule has 0 radical (unpaired) electrons. The molecule has 0 fully saturated rings. The van der Waals surface area contributed by atoms with Gasteiger partial charge in [0, 0.05) is 11.4 Å². The van der Waals surface area contributed by atoms with Gasteiger partial charge in [0.15, 0.2) is 0 Å². The van der Waals surface area contributed by atoms with Gasteiger partial charge < -0.3 is 4.90 Å². The number of hydrogen-bond donors (Lipinski definition) is 0. The maximum absolute atomic E-state index is 4.79. The van der Waals surface area contributed by atoms with Crippen LogP contribution < -0.4 is 4.90 Å². The summed E-state index contributed by atoms with van der Waals surface area (Å²) < 4.78 is 1.25. The molecule has 31 heavy (non-hydrogen) atoms. The van der Waals surface area contributed by atoms with Gasteiger partial charge in [-0.15, -0.1) is 11.3 Å². The summed E-state index contributed by atoms with van der Waals surface area (Å²) in [6, 6.07) is 17.0. The third-order valence-corrected chi connectivity index (χ3v) is 7.77. The first-order valence-corrected chi connectivity index (χ1v) is 12.5. The molecule has 2 nitrogen and oxygen atoms in total. The predicted molar refractivity (Wildman–Crippen MR) is 137 cm³/mol. The van der Waals surface area contributed by atoms with Crippen LogP contribution in [0.25, 0.3) is 16.3 Å². The fourth-order valence-corrected chi connectivity index (χ4v) is 6.40. The summed E-state index contributed by atoms with van der Waals surface area (Å²) in [5, 5.41) is 2.40. The second-order valence-corrected chi connectivity index (χ2v) is 10.3. The van der Waals surface area contributed by atoms with Gasteiger partial charge in [0.2, 0.25) is 0 Å². The zero-order valence-electron chi connectivity index (χ0n) is 17.9. The second kappa shape index (κ2) is 8.89. The number of thioether (sulfide) groups is 1. The number of nitrogens with zero attached hydrogens (tertiary/aromatic N) is 2. The van der Waals surface area contributed by atoms with E-state index in [0.717, 1.165) is 29.9 Å². The highest BCUT2D eigenvalue weighted by Gasteiger charge is 2.22. The van der Waals surface area contributed by atoms with E-state index in [0.29, 0.717) is 5.92 Å². The van der Waals surface area contributed by atoms with Gasteiger partial charge in [-0.2, -0.15) is 0 Å². The lowest BCUT2D eigenvalue weighted by Crippen LogP contribution is -2.16. The maximum Gasteiger partial charge on any atom is 0.117 e. The highest BCUT2D eigenvalue weighted by Crippen LogP contribution is 2.45. The summed E-state index contributed by atoms with van der Waals surface area (Å²) in [6.45, 7) is 5.54. The van der Waals surface area contributed by atoms with Crippen molar-refractivity contribution < 1.29 is 0 Å². The number of allylic oxidation sites excluding steroid dienone is 6. The number of thiazole rings is 1. The molecule has 0 bridgehead atoms. The van der Waals surface area contributed by atoms with Gasteiger partial charge in [0.1, 0.15) is 5.01 Å². The Bertz CT molecular complexity index is 1200. The molecule has 0 saturated heterocycles. The number of aromatic nitrogens is 1. The van der Waals surface area contributed by atoms with Crippen molar-refractivity contribution in [1.82, 2.24) is 4.98 Å². The average Bonchev–Trinajstić information content (AvgIpc) is 3.33. The van der Waals surface area contributed by atoms with Crippen LogP contribution in [0.15, 0.2) is 93.9 Å². The fourth-order valence-electron chi connectivity index (χ4n) is 4.32. The first-order valence-electron chi connectivity index (χ1n) is 10.9. The van der Waals surface area contributed by atoms with Gasteiger partial charge in [0.25, 0.3) is 0 Å². The summed E-state index contributed by atoms with van der Waals surface area (Å²) in [5.74, 6) is 0.648. The molecule has 156 valence electrons. The topological polar surface area (TPSA) is 16.1 Å². The van der Waals surface area contributed by atoms with Crippen LogP contribution in [0, 0.1) is 5.92 Å². The molecule has 1 aliphatic carbocycles. The monoisotopic (exact) mass is 442 g/mol. The lowest BCUT2D eigenvalue weighted by Gasteiger charge is -2.19. The second-order valence-electron chi connectivity index (χ2n) is 8.15. The van der Waals surface area contributed by atoms with Gasteiger partial charge in [0.05, 0.1) is 20.9 Å². The standard InChI is InChI=1S/C27H26N2S2/c1-3-29-23-11-5-7-13-25(23)31-27(29)14-8-9-20-15-19(2)16-21(17-20)18-26-28-22-10-4-6-12-24(22)30-26/h4-14,17-19H,3,15-16H2,1-2H3/b9-8+,21-18+,27-14+. The first-order chi connectivity index (χ1) is 15.2. The highest BCUT2D eigenvalue weighted by molar-refractivity contribution is 8.03. The van der Waals surface area contributed by atoms with E-state index in [1.807, 2.05) is 11.8 Å². The Kier molecular flexibility index (Phi) is 5.84. The van der Waals surface area contributed by atoms with Gasteiger partial charge in [-0.25, -0.2) is 4.98 Å². The number of benzene rings is 2. The minimum Gasteiger partial charge on any atom is -0.335 e. The zero-order chi connectivity index (χ0) is 21.2. The fraction of sp³-hybridized carbons (Fsp3) is 0.222. The number of para-hydroxylation sites is 2. The molecule has 2 aliphatic rings. The minimum absolute atomic E-state index is 0.648. The molecule has 1 atom stereocenters. The van der Waals surface area contributed by atoms with E-state index in [1.54, 1.807) is 11.3 Å². The Balaban J connectivity index is 1.36. The summed E-state index contributed by atoms with van der Waals surface area (Å²) in [6.07, 6.45) is 13.6. The van der Waals surface area contributed by atoms with E-state index in [2.05, 4.69) is 97.7 Å². The van der Waals surface area contributed by atoms with Crippen LogP contribution >= 0.6 is 23.1 Å². The van der Waals surface area contributed by atoms with Crippen molar-refractivity contribution in [2.24, 2.45) is 5.92 Å². The van der Waals surface area contributed by atoms with Gasteiger partial charge >= 0.3 is 0 Å². The van der Waals surface area contributed by atoms with Crippen molar-refractivity contribution in [1.29, 1.82) is 0 Å². The van der Waals surface area contributed by atoms with E-state index in [-0.39, 0.29) is 0 Å². The molecular formula is C27H26N2S2. The van der Waals surface area contributed by atoms with Crippen molar-refractivity contribution in [3.63, 3.8) is 0 Å². The van der Waals surface area contributed by atoms with Crippen LogP contribution in [-0.4, -0.2) is 11.5 Å². The predicted octanol–water partition coefficient (Wildman–Crippen LogP) is 8.07. The molecular weight excluding hydrogens is 416 g/mol. The summed E-state index contributed by atoms with van der Waals surface area (Å²) in [4.78, 5) is 8.52. The molecule has 2 aromatic carbocycles. The van der Waals surface area contributed by atoms with Crippen LogP contribution in [0.2, 0.25) is 0 Å². The van der Waals surface area contributed by atoms with Crippen molar-refractivity contribution in [3.8, 4) is 0 Å². The van der Waals surface area contributed by atoms with Crippen LogP contribution in [0.5, 0.6) is 0 Å². The van der Waals surface area contributed by atoms with E-state index < -0.39 is 0 Å². The average molecular weight is 443 g/mol. The Hall–Kier alpha value is -2.56. The SMILES string of the molecule is CCN1/C(=C\C=C\C2=CC(=C/c3nc4ccccc4s3)/CC(C)C2)Sc2ccccc21. The van der Waals surface area contributed by atoms with Crippen LogP contribution in [0.1, 0.15) is 31.7 Å². The zero-order valence-corrected chi connectivity index (χ0v) is 19.5. The molecule has 1 unspecified atom stereocenters. The Morgan fingerprint density at radius 2 is 1.94 bits per heavy atom. The smallest absolute Gasteiger partial charge is 0.117 e. The molecule has 5 rings (SSSR count). The quantitative estimate of drug-likeness (QED) is 0.406. The normalized spacial score (nSPS) is 21.4. The van der Waals surface area contributed by atoms with E-state index in [9.17, 15) is 0 Å². The summed E-state index contributed by atoms with van der Waals surface area (Å²) in [7, 11) is 0. The van der Waals surface area contributed by atoms with Crippen LogP contribution in [-0.2, 0) is 0 Å². The summed E-state index contributed by atoms with van der Waals surface area (Å²) in [5.41, 5.74) is 5.19. The van der Waals surface area contributed by atoms with Gasteiger partial charge in [-0.1, -0.05) is 61.2 Å². The Morgan fingerprint density at radius 3 is 2.81 bits per heavy atom. The van der Waals surface area contributed by atoms with Crippen molar-refractivity contribution in [2.75, 3.05) is 11.4 Å². The molecule has 0 saturated carbocycles. The first kappa shape index (κ1) is 20.3. The molecule has 0 N–H and O–H groups in total. The van der Waals surface area contributed by atoms with Gasteiger partial charge in [-0.3, -0.25) is 0 Å².